The van der Waals surface area contributed by atoms with Gasteiger partial charge in [0.1, 0.15) is 17.4 Å². The van der Waals surface area contributed by atoms with Crippen LogP contribution in [0.3, 0.4) is 0 Å². The molecule has 0 unspecified atom stereocenters. The lowest BCUT2D eigenvalue weighted by molar-refractivity contribution is -0.0503. The highest BCUT2D eigenvalue weighted by Gasteiger charge is 2.17. The van der Waals surface area contributed by atoms with Crippen LogP contribution in [0.5, 0.6) is 5.75 Å². The molecule has 0 spiro atoms. The van der Waals surface area contributed by atoms with E-state index in [1.807, 2.05) is 0 Å². The number of hydrogen-bond acceptors (Lipinski definition) is 4. The summed E-state index contributed by atoms with van der Waals surface area (Å²) in [5.74, 6) is -1.12. The molecule has 0 aliphatic rings. The van der Waals surface area contributed by atoms with Crippen LogP contribution in [0.25, 0.3) is 0 Å². The van der Waals surface area contributed by atoms with Crippen molar-refractivity contribution < 1.29 is 22.7 Å². The standard InChI is InChI=1S/C12H11F3N4O2/c1-6-17-10(19-18-6)5-16-11(20)8-3-2-7(13)4-9(8)21-12(14)15/h2-4,12H,5H2,1H3,(H,16,20)(H,17,18,19). The summed E-state index contributed by atoms with van der Waals surface area (Å²) < 4.78 is 41.7. The van der Waals surface area contributed by atoms with Crippen LogP contribution in [-0.2, 0) is 6.54 Å². The monoisotopic (exact) mass is 300 g/mol. The minimum Gasteiger partial charge on any atom is -0.434 e. The maximum absolute atomic E-state index is 13.0. The Labute approximate surface area is 117 Å². The molecule has 0 atom stereocenters. The number of nitrogens with zero attached hydrogens (tertiary/aromatic N) is 2. The van der Waals surface area contributed by atoms with Crippen molar-refractivity contribution in [1.29, 1.82) is 0 Å². The molecular weight excluding hydrogens is 289 g/mol. The highest BCUT2D eigenvalue weighted by atomic mass is 19.3. The van der Waals surface area contributed by atoms with Gasteiger partial charge in [0.2, 0.25) is 0 Å². The van der Waals surface area contributed by atoms with Crippen molar-refractivity contribution in [3.05, 3.63) is 41.2 Å². The smallest absolute Gasteiger partial charge is 0.387 e. The molecule has 2 rings (SSSR count). The van der Waals surface area contributed by atoms with Crippen LogP contribution in [0.1, 0.15) is 22.0 Å². The van der Waals surface area contributed by atoms with Gasteiger partial charge in [0, 0.05) is 6.07 Å². The number of rotatable bonds is 5. The first-order chi connectivity index (χ1) is 9.95. The fourth-order valence-corrected chi connectivity index (χ4v) is 1.60. The van der Waals surface area contributed by atoms with Gasteiger partial charge < -0.3 is 10.1 Å². The number of aryl methyl sites for hydroxylation is 1. The summed E-state index contributed by atoms with van der Waals surface area (Å²) in [7, 11) is 0. The minimum atomic E-state index is -3.16. The molecular formula is C12H11F3N4O2. The molecule has 0 aliphatic carbocycles. The maximum Gasteiger partial charge on any atom is 0.387 e. The molecule has 2 aromatic rings. The minimum absolute atomic E-state index is 0.00529. The number of carbonyl (C=O) groups is 1. The first-order valence-corrected chi connectivity index (χ1v) is 5.86. The van der Waals surface area contributed by atoms with E-state index in [-0.39, 0.29) is 12.1 Å². The van der Waals surface area contributed by atoms with Crippen LogP contribution < -0.4 is 10.1 Å². The predicted octanol–water partition coefficient (Wildman–Crippen LogP) is 1.78. The fourth-order valence-electron chi connectivity index (χ4n) is 1.60. The lowest BCUT2D eigenvalue weighted by atomic mass is 10.2. The first kappa shape index (κ1) is 14.8. The van der Waals surface area contributed by atoms with Crippen LogP contribution in [0, 0.1) is 12.7 Å². The summed E-state index contributed by atoms with van der Waals surface area (Å²) in [6.07, 6.45) is 0. The van der Waals surface area contributed by atoms with E-state index in [0.717, 1.165) is 18.2 Å². The number of alkyl halides is 2. The Kier molecular flexibility index (Phi) is 4.41. The Morgan fingerprint density at radius 2 is 2.24 bits per heavy atom. The first-order valence-electron chi connectivity index (χ1n) is 5.86. The average molecular weight is 300 g/mol. The Morgan fingerprint density at radius 1 is 1.48 bits per heavy atom. The normalized spacial score (nSPS) is 10.7. The van der Waals surface area contributed by atoms with Gasteiger partial charge in [-0.1, -0.05) is 0 Å². The number of amides is 1. The number of nitrogens with one attached hydrogen (secondary N) is 2. The molecule has 0 fully saturated rings. The molecule has 21 heavy (non-hydrogen) atoms. The molecule has 0 radical (unpaired) electrons. The SMILES string of the molecule is Cc1nc(CNC(=O)c2ccc(F)cc2OC(F)F)n[nH]1. The molecule has 6 nitrogen and oxygen atoms in total. The molecule has 1 amide bonds. The molecule has 0 aliphatic heterocycles. The molecule has 0 saturated heterocycles. The summed E-state index contributed by atoms with van der Waals surface area (Å²) in [5.41, 5.74) is -0.205. The third-order valence-electron chi connectivity index (χ3n) is 2.45. The van der Waals surface area contributed by atoms with Gasteiger partial charge in [-0.05, 0) is 19.1 Å². The van der Waals surface area contributed by atoms with Crippen molar-refractivity contribution >= 4 is 5.91 Å². The Morgan fingerprint density at radius 3 is 2.86 bits per heavy atom. The third kappa shape index (κ3) is 3.94. The summed E-state index contributed by atoms with van der Waals surface area (Å²) in [6, 6.07) is 2.76. The van der Waals surface area contributed by atoms with E-state index in [1.165, 1.54) is 0 Å². The summed E-state index contributed by atoms with van der Waals surface area (Å²) in [6.45, 7) is -1.48. The second-order valence-corrected chi connectivity index (χ2v) is 4.04. The number of carbonyl (C=O) groups excluding carboxylic acids is 1. The van der Waals surface area contributed by atoms with Crippen LogP contribution in [-0.4, -0.2) is 27.7 Å². The number of aromatic amines is 1. The van der Waals surface area contributed by atoms with Crippen molar-refractivity contribution in [2.45, 2.75) is 20.1 Å². The Bertz CT molecular complexity index is 645. The molecule has 1 heterocycles. The molecule has 1 aromatic carbocycles. The van der Waals surface area contributed by atoms with Crippen molar-refractivity contribution in [2.24, 2.45) is 0 Å². The highest BCUT2D eigenvalue weighted by molar-refractivity contribution is 5.96. The van der Waals surface area contributed by atoms with Gasteiger partial charge in [0.25, 0.3) is 5.91 Å². The van der Waals surface area contributed by atoms with Crippen molar-refractivity contribution in [3.63, 3.8) is 0 Å². The quantitative estimate of drug-likeness (QED) is 0.882. The van der Waals surface area contributed by atoms with Crippen LogP contribution in [0.15, 0.2) is 18.2 Å². The van der Waals surface area contributed by atoms with Gasteiger partial charge in [0.15, 0.2) is 5.82 Å². The van der Waals surface area contributed by atoms with Gasteiger partial charge in [-0.2, -0.15) is 13.9 Å². The fraction of sp³-hybridized carbons (Fsp3) is 0.250. The topological polar surface area (TPSA) is 79.9 Å². The number of hydrogen-bond donors (Lipinski definition) is 2. The van der Waals surface area contributed by atoms with Crippen molar-refractivity contribution in [1.82, 2.24) is 20.5 Å². The van der Waals surface area contributed by atoms with E-state index in [2.05, 4.69) is 25.2 Å². The van der Waals surface area contributed by atoms with E-state index in [9.17, 15) is 18.0 Å². The summed E-state index contributed by atoms with van der Waals surface area (Å²) in [5, 5.41) is 8.83. The molecule has 0 bridgehead atoms. The van der Waals surface area contributed by atoms with Gasteiger partial charge in [0.05, 0.1) is 12.1 Å². The van der Waals surface area contributed by atoms with Gasteiger partial charge in [-0.15, -0.1) is 0 Å². The third-order valence-corrected chi connectivity index (χ3v) is 2.45. The van der Waals surface area contributed by atoms with E-state index in [0.29, 0.717) is 11.6 Å². The highest BCUT2D eigenvalue weighted by Crippen LogP contribution is 2.22. The lowest BCUT2D eigenvalue weighted by Gasteiger charge is -2.10. The van der Waals surface area contributed by atoms with Gasteiger partial charge >= 0.3 is 6.61 Å². The molecule has 9 heteroatoms. The molecule has 0 saturated carbocycles. The molecule has 112 valence electrons. The second kappa shape index (κ2) is 6.25. The van der Waals surface area contributed by atoms with E-state index in [1.54, 1.807) is 6.92 Å². The Hall–Kier alpha value is -2.58. The maximum atomic E-state index is 13.0. The summed E-state index contributed by atoms with van der Waals surface area (Å²) >= 11 is 0. The molecule has 2 N–H and O–H groups in total. The number of ether oxygens (including phenoxy) is 1. The number of halogens is 3. The number of aromatic nitrogens is 3. The predicted molar refractivity (Wildman–Crippen MR) is 65.3 cm³/mol. The number of H-pyrrole nitrogens is 1. The van der Waals surface area contributed by atoms with Gasteiger partial charge in [-0.3, -0.25) is 9.89 Å². The van der Waals surface area contributed by atoms with E-state index in [4.69, 9.17) is 0 Å². The second-order valence-electron chi connectivity index (χ2n) is 4.04. The largest absolute Gasteiger partial charge is 0.434 e. The van der Waals surface area contributed by atoms with Crippen LogP contribution in [0.4, 0.5) is 13.2 Å². The van der Waals surface area contributed by atoms with Crippen LogP contribution >= 0.6 is 0 Å². The van der Waals surface area contributed by atoms with Crippen LogP contribution in [0.2, 0.25) is 0 Å². The van der Waals surface area contributed by atoms with Crippen molar-refractivity contribution in [3.8, 4) is 5.75 Å². The zero-order chi connectivity index (χ0) is 15.4. The van der Waals surface area contributed by atoms with Gasteiger partial charge in [-0.25, -0.2) is 9.37 Å². The lowest BCUT2D eigenvalue weighted by Crippen LogP contribution is -2.24. The van der Waals surface area contributed by atoms with E-state index >= 15 is 0 Å². The summed E-state index contributed by atoms with van der Waals surface area (Å²) in [4.78, 5) is 15.9. The molecule has 1 aromatic heterocycles. The Balaban J connectivity index is 2.10. The zero-order valence-corrected chi connectivity index (χ0v) is 10.9. The number of benzene rings is 1. The average Bonchev–Trinajstić information content (AvgIpc) is 2.81. The van der Waals surface area contributed by atoms with Crippen molar-refractivity contribution in [2.75, 3.05) is 0 Å². The van der Waals surface area contributed by atoms with E-state index < -0.39 is 24.1 Å². The zero-order valence-electron chi connectivity index (χ0n) is 10.9.